The number of anilines is 1. The molecule has 0 atom stereocenters. The van der Waals surface area contributed by atoms with Gasteiger partial charge in [0.25, 0.3) is 0 Å². The molecule has 0 spiro atoms. The predicted molar refractivity (Wildman–Crippen MR) is 96.5 cm³/mol. The molecule has 0 unspecified atom stereocenters. The van der Waals surface area contributed by atoms with E-state index in [0.717, 1.165) is 16.6 Å². The van der Waals surface area contributed by atoms with Crippen LogP contribution in [0.1, 0.15) is 5.82 Å². The van der Waals surface area contributed by atoms with Crippen molar-refractivity contribution in [3.05, 3.63) is 66.4 Å². The lowest BCUT2D eigenvalue weighted by Crippen LogP contribution is -2.11. The van der Waals surface area contributed by atoms with Gasteiger partial charge >= 0.3 is 0 Å². The number of aromatic amines is 1. The van der Waals surface area contributed by atoms with Gasteiger partial charge in [0.2, 0.25) is 0 Å². The second-order valence-electron chi connectivity index (χ2n) is 5.57. The molecule has 0 bridgehead atoms. The number of aromatic nitrogens is 4. The second-order valence-corrected chi connectivity index (χ2v) is 5.57. The van der Waals surface area contributed by atoms with E-state index in [4.69, 9.17) is 11.5 Å². The first-order chi connectivity index (χ1) is 12.1. The Labute approximate surface area is 142 Å². The number of halogens is 1. The van der Waals surface area contributed by atoms with E-state index in [0.29, 0.717) is 23.0 Å². The summed E-state index contributed by atoms with van der Waals surface area (Å²) in [6.45, 7) is 0. The van der Waals surface area contributed by atoms with Gasteiger partial charge in [-0.1, -0.05) is 24.3 Å². The first kappa shape index (κ1) is 14.9. The smallest absolute Gasteiger partial charge is 0.136 e. The van der Waals surface area contributed by atoms with Crippen molar-refractivity contribution in [1.29, 1.82) is 0 Å². The van der Waals surface area contributed by atoms with E-state index in [1.807, 2.05) is 24.3 Å². The fourth-order valence-corrected chi connectivity index (χ4v) is 2.66. The van der Waals surface area contributed by atoms with Crippen molar-refractivity contribution in [2.45, 2.75) is 0 Å². The number of imidazole rings is 1. The fraction of sp³-hybridized carbons (Fsp3) is 0. The van der Waals surface area contributed by atoms with Crippen molar-refractivity contribution in [3.8, 4) is 11.1 Å². The molecule has 0 aliphatic heterocycles. The second kappa shape index (κ2) is 5.79. The lowest BCUT2D eigenvalue weighted by atomic mass is 10.1. The van der Waals surface area contributed by atoms with E-state index in [-0.39, 0.29) is 5.82 Å². The Morgan fingerprint density at radius 2 is 1.88 bits per heavy atom. The highest BCUT2D eigenvalue weighted by molar-refractivity contribution is 5.81. The van der Waals surface area contributed by atoms with Crippen LogP contribution in [0.25, 0.3) is 34.1 Å². The summed E-state index contributed by atoms with van der Waals surface area (Å²) in [4.78, 5) is 7.62. The number of nitrogen functional groups attached to an aromatic ring is 1. The highest BCUT2D eigenvalue weighted by Gasteiger charge is 2.12. The molecule has 124 valence electrons. The zero-order chi connectivity index (χ0) is 17.4. The van der Waals surface area contributed by atoms with Crippen molar-refractivity contribution in [2.75, 3.05) is 5.73 Å². The van der Waals surface area contributed by atoms with Gasteiger partial charge < -0.3 is 16.5 Å². The van der Waals surface area contributed by atoms with Crippen molar-refractivity contribution < 1.29 is 4.39 Å². The maximum atomic E-state index is 13.1. The maximum Gasteiger partial charge on any atom is 0.136 e. The summed E-state index contributed by atoms with van der Waals surface area (Å²) in [6.07, 6.45) is 3.26. The minimum atomic E-state index is -0.306. The van der Waals surface area contributed by atoms with Crippen LogP contribution in [0.3, 0.4) is 0 Å². The third kappa shape index (κ3) is 2.72. The molecule has 7 heteroatoms. The van der Waals surface area contributed by atoms with Gasteiger partial charge in [0.1, 0.15) is 23.3 Å². The molecule has 0 fully saturated rings. The quantitative estimate of drug-likeness (QED) is 0.536. The minimum Gasteiger partial charge on any atom is -0.383 e. The van der Waals surface area contributed by atoms with Crippen LogP contribution < -0.4 is 11.5 Å². The third-order valence-electron chi connectivity index (χ3n) is 3.90. The molecule has 0 aliphatic rings. The maximum absolute atomic E-state index is 13.1. The predicted octanol–water partition coefficient (Wildman–Crippen LogP) is 3.06. The Morgan fingerprint density at radius 1 is 1.12 bits per heavy atom. The van der Waals surface area contributed by atoms with Crippen molar-refractivity contribution in [1.82, 2.24) is 19.7 Å². The highest BCUT2D eigenvalue weighted by atomic mass is 19.1. The van der Waals surface area contributed by atoms with Gasteiger partial charge in [-0.15, -0.1) is 0 Å². The summed E-state index contributed by atoms with van der Waals surface area (Å²) in [7, 11) is 0. The van der Waals surface area contributed by atoms with Crippen LogP contribution in [0.2, 0.25) is 0 Å². The monoisotopic (exact) mass is 334 g/mol. The van der Waals surface area contributed by atoms with Gasteiger partial charge in [-0.25, -0.2) is 14.1 Å². The summed E-state index contributed by atoms with van der Waals surface area (Å²) in [5.74, 6) is 0.998. The molecule has 2 heterocycles. The standard InChI is InChI=1S/C18H15FN6/c19-12-7-5-11(6-8-12)13-10-22-25(18(13)21)16(20)9-17-23-14-3-1-2-4-15(14)24-17/h1-10H,20-21H2,(H,23,24)/b16-9+. The number of nitrogens with zero attached hydrogens (tertiary/aromatic N) is 3. The lowest BCUT2D eigenvalue weighted by molar-refractivity contribution is 0.628. The molecule has 0 saturated heterocycles. The molecule has 0 amide bonds. The summed E-state index contributed by atoms with van der Waals surface area (Å²) in [6, 6.07) is 13.7. The number of nitrogens with two attached hydrogens (primary N) is 2. The van der Waals surface area contributed by atoms with Crippen LogP contribution in [-0.2, 0) is 0 Å². The largest absolute Gasteiger partial charge is 0.383 e. The van der Waals surface area contributed by atoms with Crippen LogP contribution in [0.4, 0.5) is 10.2 Å². The van der Waals surface area contributed by atoms with Crippen LogP contribution >= 0.6 is 0 Å². The number of hydrogen-bond donors (Lipinski definition) is 3. The summed E-state index contributed by atoms with van der Waals surface area (Å²) in [5, 5.41) is 4.23. The molecule has 6 nitrogen and oxygen atoms in total. The number of H-pyrrole nitrogens is 1. The number of hydrogen-bond acceptors (Lipinski definition) is 4. The van der Waals surface area contributed by atoms with Crippen molar-refractivity contribution in [2.24, 2.45) is 5.73 Å². The van der Waals surface area contributed by atoms with Crippen LogP contribution in [0.15, 0.2) is 54.7 Å². The molecule has 2 aromatic heterocycles. The number of fused-ring (bicyclic) bond motifs is 1. The molecular weight excluding hydrogens is 319 g/mol. The Morgan fingerprint density at radius 3 is 2.64 bits per heavy atom. The lowest BCUT2D eigenvalue weighted by Gasteiger charge is -2.05. The number of para-hydroxylation sites is 2. The molecule has 25 heavy (non-hydrogen) atoms. The average Bonchev–Trinajstić information content (AvgIpc) is 3.18. The molecule has 0 saturated carbocycles. The van der Waals surface area contributed by atoms with E-state index in [9.17, 15) is 4.39 Å². The van der Waals surface area contributed by atoms with Crippen molar-refractivity contribution in [3.63, 3.8) is 0 Å². The Balaban J connectivity index is 1.70. The molecule has 5 N–H and O–H groups in total. The number of nitrogens with one attached hydrogen (secondary N) is 1. The van der Waals surface area contributed by atoms with E-state index < -0.39 is 0 Å². The Bertz CT molecular complexity index is 1040. The summed E-state index contributed by atoms with van der Waals surface area (Å²) < 4.78 is 14.5. The summed E-state index contributed by atoms with van der Waals surface area (Å²) in [5.41, 5.74) is 15.5. The van der Waals surface area contributed by atoms with E-state index >= 15 is 0 Å². The van der Waals surface area contributed by atoms with Gasteiger partial charge in [-0.3, -0.25) is 0 Å². The van der Waals surface area contributed by atoms with Gasteiger partial charge in [-0.05, 0) is 29.8 Å². The third-order valence-corrected chi connectivity index (χ3v) is 3.90. The zero-order valence-electron chi connectivity index (χ0n) is 13.1. The van der Waals surface area contributed by atoms with Gasteiger partial charge in [0.15, 0.2) is 0 Å². The minimum absolute atomic E-state index is 0.306. The van der Waals surface area contributed by atoms with E-state index in [1.54, 1.807) is 24.4 Å². The molecule has 4 rings (SSSR count). The zero-order valence-corrected chi connectivity index (χ0v) is 13.1. The Kier molecular flexibility index (Phi) is 3.46. The van der Waals surface area contributed by atoms with Crippen molar-refractivity contribution >= 4 is 28.7 Å². The van der Waals surface area contributed by atoms with Crippen LogP contribution in [-0.4, -0.2) is 19.7 Å². The first-order valence-electron chi connectivity index (χ1n) is 7.63. The Hall–Kier alpha value is -3.61. The first-order valence-corrected chi connectivity index (χ1v) is 7.63. The normalized spacial score (nSPS) is 12.0. The molecular formula is C18H15FN6. The molecule has 0 aliphatic carbocycles. The molecule has 2 aromatic carbocycles. The van der Waals surface area contributed by atoms with Crippen LogP contribution in [0.5, 0.6) is 0 Å². The van der Waals surface area contributed by atoms with Gasteiger partial charge in [-0.2, -0.15) is 5.10 Å². The van der Waals surface area contributed by atoms with E-state index in [1.165, 1.54) is 16.8 Å². The average molecular weight is 334 g/mol. The SMILES string of the molecule is N/C(=C\c1nc2ccccc2[nH]1)n1ncc(-c2ccc(F)cc2)c1N. The molecule has 0 radical (unpaired) electrons. The molecule has 4 aromatic rings. The number of rotatable bonds is 3. The van der Waals surface area contributed by atoms with E-state index in [2.05, 4.69) is 15.1 Å². The van der Waals surface area contributed by atoms with Gasteiger partial charge in [0, 0.05) is 11.6 Å². The van der Waals surface area contributed by atoms with Crippen LogP contribution in [0, 0.1) is 5.82 Å². The number of benzene rings is 2. The highest BCUT2D eigenvalue weighted by Crippen LogP contribution is 2.27. The van der Waals surface area contributed by atoms with Gasteiger partial charge in [0.05, 0.1) is 17.2 Å². The summed E-state index contributed by atoms with van der Waals surface area (Å²) >= 11 is 0. The topological polar surface area (TPSA) is 98.5 Å². The fourth-order valence-electron chi connectivity index (χ4n) is 2.66.